The molecule has 0 spiro atoms. The zero-order valence-corrected chi connectivity index (χ0v) is 11.9. The molecule has 0 aromatic carbocycles. The molecule has 2 heterocycles. The van der Waals surface area contributed by atoms with Crippen molar-refractivity contribution in [3.63, 3.8) is 0 Å². The van der Waals surface area contributed by atoms with Gasteiger partial charge in [0.25, 0.3) is 0 Å². The first kappa shape index (κ1) is 16.7. The normalized spacial score (nSPS) is 11.4. The molecule has 0 fully saturated rings. The van der Waals surface area contributed by atoms with Crippen molar-refractivity contribution in [3.8, 4) is 11.5 Å². The van der Waals surface area contributed by atoms with Crippen LogP contribution in [0.2, 0.25) is 0 Å². The number of carboxylic acids is 1. The highest BCUT2D eigenvalue weighted by molar-refractivity contribution is 5.92. The van der Waals surface area contributed by atoms with Gasteiger partial charge >= 0.3 is 12.1 Å². The second kappa shape index (κ2) is 5.82. The number of ether oxygens (including phenoxy) is 1. The molecule has 0 aliphatic heterocycles. The van der Waals surface area contributed by atoms with Crippen molar-refractivity contribution in [2.45, 2.75) is 20.0 Å². The summed E-state index contributed by atoms with van der Waals surface area (Å²) in [7, 11) is 0. The van der Waals surface area contributed by atoms with E-state index < -0.39 is 34.9 Å². The van der Waals surface area contributed by atoms with Crippen molar-refractivity contribution in [1.29, 1.82) is 0 Å². The minimum absolute atomic E-state index is 0.00913. The van der Waals surface area contributed by atoms with E-state index in [1.54, 1.807) is 0 Å². The molecule has 0 bridgehead atoms. The third-order valence-electron chi connectivity index (χ3n) is 2.99. The number of pyridine rings is 2. The Morgan fingerprint density at radius 3 is 2.39 bits per heavy atom. The number of aryl methyl sites for hydroxylation is 1. The highest BCUT2D eigenvalue weighted by atomic mass is 19.4. The molecular weight excluding hydrogens is 320 g/mol. The lowest BCUT2D eigenvalue weighted by Gasteiger charge is -2.15. The van der Waals surface area contributed by atoms with E-state index in [9.17, 15) is 27.5 Å². The maximum absolute atomic E-state index is 12.9. The lowest BCUT2D eigenvalue weighted by molar-refractivity contribution is -0.141. The third kappa shape index (κ3) is 3.38. The Bertz CT molecular complexity index is 775. The van der Waals surface area contributed by atoms with E-state index in [4.69, 9.17) is 4.74 Å². The Balaban J connectivity index is 2.55. The second-order valence-electron chi connectivity index (χ2n) is 4.59. The van der Waals surface area contributed by atoms with E-state index in [1.165, 1.54) is 13.0 Å². The van der Waals surface area contributed by atoms with Gasteiger partial charge in [-0.15, -0.1) is 0 Å². The highest BCUT2D eigenvalue weighted by Crippen LogP contribution is 2.36. The van der Waals surface area contributed by atoms with Crippen LogP contribution in [0, 0.1) is 19.8 Å². The largest absolute Gasteiger partial charge is 0.478 e. The number of hydrogen-bond acceptors (Lipinski definition) is 4. The Morgan fingerprint density at radius 1 is 1.22 bits per heavy atom. The van der Waals surface area contributed by atoms with Crippen molar-refractivity contribution >= 4 is 5.97 Å². The number of halogens is 4. The van der Waals surface area contributed by atoms with Crippen LogP contribution < -0.4 is 4.74 Å². The number of alkyl halides is 3. The zero-order chi connectivity index (χ0) is 17.4. The van der Waals surface area contributed by atoms with Gasteiger partial charge in [0.2, 0.25) is 5.95 Å². The van der Waals surface area contributed by atoms with Crippen molar-refractivity contribution in [1.82, 2.24) is 9.97 Å². The minimum Gasteiger partial charge on any atom is -0.478 e. The highest BCUT2D eigenvalue weighted by Gasteiger charge is 2.37. The van der Waals surface area contributed by atoms with Gasteiger partial charge in [-0.1, -0.05) is 0 Å². The fourth-order valence-corrected chi connectivity index (χ4v) is 1.96. The molecule has 0 saturated heterocycles. The maximum atomic E-state index is 12.9. The monoisotopic (exact) mass is 330 g/mol. The summed E-state index contributed by atoms with van der Waals surface area (Å²) in [5.74, 6) is -2.75. The molecule has 0 atom stereocenters. The molecule has 0 saturated carbocycles. The predicted octanol–water partition coefficient (Wildman–Crippen LogP) is 3.74. The van der Waals surface area contributed by atoms with Gasteiger partial charge in [-0.05, 0) is 31.5 Å². The quantitative estimate of drug-likeness (QED) is 0.685. The fourth-order valence-electron chi connectivity index (χ4n) is 1.96. The van der Waals surface area contributed by atoms with Crippen LogP contribution in [0.25, 0.3) is 0 Å². The molecule has 0 unspecified atom stereocenters. The van der Waals surface area contributed by atoms with Gasteiger partial charge in [0.15, 0.2) is 5.75 Å². The number of hydrogen-bond donors (Lipinski definition) is 1. The first-order chi connectivity index (χ1) is 10.6. The smallest absolute Gasteiger partial charge is 0.433 e. The zero-order valence-electron chi connectivity index (χ0n) is 11.9. The Hall–Kier alpha value is -2.71. The fraction of sp³-hybridized carbons (Fsp3) is 0.214. The molecule has 0 amide bonds. The Kier molecular flexibility index (Phi) is 4.22. The summed E-state index contributed by atoms with van der Waals surface area (Å²) in [6.45, 7) is 2.39. The number of aromatic nitrogens is 2. The van der Waals surface area contributed by atoms with Gasteiger partial charge in [0.05, 0.1) is 11.9 Å². The van der Waals surface area contributed by atoms with Gasteiger partial charge in [0.1, 0.15) is 17.0 Å². The van der Waals surface area contributed by atoms with Crippen LogP contribution >= 0.6 is 0 Å². The van der Waals surface area contributed by atoms with E-state index in [0.717, 1.165) is 13.0 Å². The number of nitrogens with zero attached hydrogens (tertiary/aromatic N) is 2. The number of rotatable bonds is 3. The van der Waals surface area contributed by atoms with Gasteiger partial charge in [0, 0.05) is 0 Å². The number of carboxylic acid groups (broad SMARTS) is 1. The van der Waals surface area contributed by atoms with Crippen LogP contribution in [0.1, 0.15) is 27.3 Å². The molecule has 5 nitrogen and oxygen atoms in total. The van der Waals surface area contributed by atoms with Crippen LogP contribution in [0.15, 0.2) is 18.3 Å². The predicted molar refractivity (Wildman–Crippen MR) is 69.9 cm³/mol. The van der Waals surface area contributed by atoms with Crippen molar-refractivity contribution < 1.29 is 32.2 Å². The molecule has 2 rings (SSSR count). The molecule has 122 valence electrons. The summed E-state index contributed by atoms with van der Waals surface area (Å²) < 4.78 is 56.6. The summed E-state index contributed by atoms with van der Waals surface area (Å²) >= 11 is 0. The van der Waals surface area contributed by atoms with Crippen LogP contribution in [0.5, 0.6) is 11.5 Å². The van der Waals surface area contributed by atoms with Crippen molar-refractivity contribution in [2.24, 2.45) is 0 Å². The molecule has 1 N–H and O–H groups in total. The van der Waals surface area contributed by atoms with Gasteiger partial charge in [-0.3, -0.25) is 0 Å². The molecule has 0 aliphatic carbocycles. The number of aromatic carboxylic acids is 1. The molecule has 0 aliphatic rings. The summed E-state index contributed by atoms with van der Waals surface area (Å²) in [6.07, 6.45) is -4.12. The van der Waals surface area contributed by atoms with Gasteiger partial charge in [-0.25, -0.2) is 14.8 Å². The lowest BCUT2D eigenvalue weighted by atomic mass is 10.1. The molecule has 9 heteroatoms. The van der Waals surface area contributed by atoms with Crippen molar-refractivity contribution in [2.75, 3.05) is 0 Å². The molecule has 2 aromatic rings. The third-order valence-corrected chi connectivity index (χ3v) is 2.99. The first-order valence-corrected chi connectivity index (χ1v) is 6.22. The average Bonchev–Trinajstić information content (AvgIpc) is 2.40. The minimum atomic E-state index is -4.79. The number of carbonyl (C=O) groups is 1. The second-order valence-corrected chi connectivity index (χ2v) is 4.59. The molecular formula is C14H10F4N2O3. The first-order valence-electron chi connectivity index (χ1n) is 6.22. The van der Waals surface area contributed by atoms with E-state index in [0.29, 0.717) is 6.20 Å². The van der Waals surface area contributed by atoms with Gasteiger partial charge in [-0.2, -0.15) is 17.6 Å². The summed E-state index contributed by atoms with van der Waals surface area (Å²) in [6, 6.07) is 2.17. The lowest BCUT2D eigenvalue weighted by Crippen LogP contribution is -2.15. The van der Waals surface area contributed by atoms with E-state index in [-0.39, 0.29) is 17.2 Å². The SMILES string of the molecule is Cc1nc(F)ccc1Oc1cnc(C(F)(F)F)c(C)c1C(=O)O. The topological polar surface area (TPSA) is 72.3 Å². The van der Waals surface area contributed by atoms with E-state index in [1.807, 2.05) is 0 Å². The van der Waals surface area contributed by atoms with Crippen LogP contribution in [0.4, 0.5) is 17.6 Å². The average molecular weight is 330 g/mol. The summed E-state index contributed by atoms with van der Waals surface area (Å²) in [4.78, 5) is 18.0. The van der Waals surface area contributed by atoms with E-state index in [2.05, 4.69) is 9.97 Å². The molecule has 23 heavy (non-hydrogen) atoms. The standard InChI is InChI=1S/C14H10F4N2O3/c1-6-11(13(21)22)9(5-19-12(6)14(16,17)18)23-8-3-4-10(15)20-7(8)2/h3-5H,1-2H3,(H,21,22). The van der Waals surface area contributed by atoms with E-state index >= 15 is 0 Å². The van der Waals surface area contributed by atoms with Crippen LogP contribution in [-0.4, -0.2) is 21.0 Å². The summed E-state index contributed by atoms with van der Waals surface area (Å²) in [5.41, 5.74) is -2.44. The Labute approximate surface area is 127 Å². The van der Waals surface area contributed by atoms with Crippen molar-refractivity contribution in [3.05, 3.63) is 46.8 Å². The van der Waals surface area contributed by atoms with Gasteiger partial charge < -0.3 is 9.84 Å². The molecule has 2 aromatic heterocycles. The van der Waals surface area contributed by atoms with Crippen LogP contribution in [-0.2, 0) is 6.18 Å². The summed E-state index contributed by atoms with van der Waals surface area (Å²) in [5, 5.41) is 9.18. The van der Waals surface area contributed by atoms with Crippen LogP contribution in [0.3, 0.4) is 0 Å². The Morgan fingerprint density at radius 2 is 1.87 bits per heavy atom. The molecule has 0 radical (unpaired) electrons. The maximum Gasteiger partial charge on any atom is 0.433 e.